The molecule has 106 valence electrons. The molecule has 0 saturated carbocycles. The van der Waals surface area contributed by atoms with Crippen molar-refractivity contribution in [3.8, 4) is 0 Å². The lowest BCUT2D eigenvalue weighted by Crippen LogP contribution is -2.22. The number of carbonyl (C=O) groups excluding carboxylic acids is 1. The van der Waals surface area contributed by atoms with Crippen molar-refractivity contribution in [2.24, 2.45) is 0 Å². The van der Waals surface area contributed by atoms with Crippen LogP contribution in [0.4, 0.5) is 5.69 Å². The number of anilines is 1. The van der Waals surface area contributed by atoms with Gasteiger partial charge in [-0.15, -0.1) is 11.3 Å². The first kappa shape index (κ1) is 14.6. The van der Waals surface area contributed by atoms with E-state index in [1.165, 1.54) is 17.6 Å². The predicted molar refractivity (Wildman–Crippen MR) is 83.4 cm³/mol. The number of methoxy groups -OCH3 is 1. The summed E-state index contributed by atoms with van der Waals surface area (Å²) in [7, 11) is 1.42. The van der Waals surface area contributed by atoms with Crippen molar-refractivity contribution in [1.29, 1.82) is 0 Å². The highest BCUT2D eigenvalue weighted by molar-refractivity contribution is 7.12. The van der Waals surface area contributed by atoms with E-state index in [4.69, 9.17) is 4.74 Å². The summed E-state index contributed by atoms with van der Waals surface area (Å²) in [4.78, 5) is 14.4. The van der Waals surface area contributed by atoms with Crippen LogP contribution in [0.3, 0.4) is 0 Å². The molecule has 1 aromatic carbocycles. The lowest BCUT2D eigenvalue weighted by atomic mass is 10.1. The third kappa shape index (κ3) is 3.20. The Morgan fingerprint density at radius 1 is 1.20 bits per heavy atom. The Morgan fingerprint density at radius 2 is 1.85 bits per heavy atom. The highest BCUT2D eigenvalue weighted by atomic mass is 32.1. The van der Waals surface area contributed by atoms with E-state index in [1.807, 2.05) is 51.1 Å². The van der Waals surface area contributed by atoms with Gasteiger partial charge in [0, 0.05) is 15.4 Å². The molecule has 0 aliphatic carbocycles. The minimum atomic E-state index is -0.465. The molecule has 1 atom stereocenters. The summed E-state index contributed by atoms with van der Waals surface area (Å²) in [5.41, 5.74) is 3.09. The van der Waals surface area contributed by atoms with E-state index in [-0.39, 0.29) is 5.97 Å². The van der Waals surface area contributed by atoms with Crippen molar-refractivity contribution in [2.75, 3.05) is 12.4 Å². The average Bonchev–Trinajstić information content (AvgIpc) is 2.76. The fourth-order valence-corrected chi connectivity index (χ4v) is 3.10. The van der Waals surface area contributed by atoms with Gasteiger partial charge in [-0.3, -0.25) is 0 Å². The largest absolute Gasteiger partial charge is 0.467 e. The summed E-state index contributed by atoms with van der Waals surface area (Å²) < 4.78 is 4.93. The topological polar surface area (TPSA) is 38.3 Å². The number of carbonyl (C=O) groups is 1. The first-order valence-electron chi connectivity index (χ1n) is 6.49. The van der Waals surface area contributed by atoms with Crippen molar-refractivity contribution in [3.05, 3.63) is 51.2 Å². The Kier molecular flexibility index (Phi) is 4.45. The van der Waals surface area contributed by atoms with Gasteiger partial charge in [0.1, 0.15) is 0 Å². The Balaban J connectivity index is 2.31. The predicted octanol–water partition coefficient (Wildman–Crippen LogP) is 4.00. The van der Waals surface area contributed by atoms with Gasteiger partial charge in [0.2, 0.25) is 0 Å². The third-order valence-electron chi connectivity index (χ3n) is 3.19. The maximum atomic E-state index is 12.1. The standard InChI is InChI=1S/C16H19NO2S/c1-10-5-7-13(8-6-10)17-15(16(18)19-4)14-9-11(2)20-12(14)3/h5-9,15,17H,1-4H3. The van der Waals surface area contributed by atoms with E-state index in [9.17, 15) is 4.79 Å². The molecule has 0 radical (unpaired) electrons. The number of nitrogens with one attached hydrogen (secondary N) is 1. The second kappa shape index (κ2) is 6.09. The Labute approximate surface area is 123 Å². The maximum Gasteiger partial charge on any atom is 0.333 e. The van der Waals surface area contributed by atoms with Gasteiger partial charge >= 0.3 is 5.97 Å². The van der Waals surface area contributed by atoms with Gasteiger partial charge < -0.3 is 10.1 Å². The van der Waals surface area contributed by atoms with Crippen LogP contribution in [0.15, 0.2) is 30.3 Å². The van der Waals surface area contributed by atoms with Gasteiger partial charge in [0.05, 0.1) is 7.11 Å². The third-order valence-corrected chi connectivity index (χ3v) is 4.17. The van der Waals surface area contributed by atoms with Crippen LogP contribution in [-0.2, 0) is 9.53 Å². The molecule has 0 spiro atoms. The number of hydrogen-bond donors (Lipinski definition) is 1. The molecule has 3 nitrogen and oxygen atoms in total. The van der Waals surface area contributed by atoms with E-state index in [0.29, 0.717) is 0 Å². The number of benzene rings is 1. The second-order valence-corrected chi connectivity index (χ2v) is 6.30. The van der Waals surface area contributed by atoms with Crippen molar-refractivity contribution >= 4 is 23.0 Å². The zero-order valence-electron chi connectivity index (χ0n) is 12.2. The van der Waals surface area contributed by atoms with Crippen LogP contribution < -0.4 is 5.32 Å². The molecule has 1 N–H and O–H groups in total. The molecule has 0 aliphatic heterocycles. The first-order valence-corrected chi connectivity index (χ1v) is 7.31. The minimum absolute atomic E-state index is 0.272. The fraction of sp³-hybridized carbons (Fsp3) is 0.312. The van der Waals surface area contributed by atoms with Gasteiger partial charge in [0.15, 0.2) is 6.04 Å². The van der Waals surface area contributed by atoms with Crippen molar-refractivity contribution in [3.63, 3.8) is 0 Å². The molecule has 0 bridgehead atoms. The molecular weight excluding hydrogens is 270 g/mol. The van der Waals surface area contributed by atoms with Gasteiger partial charge in [-0.1, -0.05) is 17.7 Å². The lowest BCUT2D eigenvalue weighted by Gasteiger charge is -2.18. The molecule has 2 rings (SSSR count). The van der Waals surface area contributed by atoms with Gasteiger partial charge in [-0.05, 0) is 44.5 Å². The molecule has 2 aromatic rings. The number of rotatable bonds is 4. The van der Waals surface area contributed by atoms with E-state index in [2.05, 4.69) is 5.32 Å². The zero-order valence-corrected chi connectivity index (χ0v) is 13.0. The van der Waals surface area contributed by atoms with Crippen LogP contribution in [0.1, 0.15) is 26.9 Å². The van der Waals surface area contributed by atoms with Crippen LogP contribution in [0, 0.1) is 20.8 Å². The lowest BCUT2D eigenvalue weighted by molar-refractivity contribution is -0.141. The van der Waals surface area contributed by atoms with Crippen LogP contribution in [0.2, 0.25) is 0 Å². The SMILES string of the molecule is COC(=O)C(Nc1ccc(C)cc1)c1cc(C)sc1C. The summed E-state index contributed by atoms with van der Waals surface area (Å²) >= 11 is 1.69. The normalized spacial score (nSPS) is 12.0. The molecule has 0 aliphatic rings. The molecular formula is C16H19NO2S. The Hall–Kier alpha value is -1.81. The van der Waals surface area contributed by atoms with Crippen molar-refractivity contribution in [2.45, 2.75) is 26.8 Å². The van der Waals surface area contributed by atoms with Gasteiger partial charge in [-0.2, -0.15) is 0 Å². The van der Waals surface area contributed by atoms with Crippen LogP contribution in [0.5, 0.6) is 0 Å². The molecule has 20 heavy (non-hydrogen) atoms. The molecule has 1 unspecified atom stereocenters. The molecule has 4 heteroatoms. The number of aryl methyl sites for hydroxylation is 3. The average molecular weight is 289 g/mol. The van der Waals surface area contributed by atoms with Crippen molar-refractivity contribution in [1.82, 2.24) is 0 Å². The molecule has 0 amide bonds. The van der Waals surface area contributed by atoms with Gasteiger partial charge in [0.25, 0.3) is 0 Å². The number of thiophene rings is 1. The fourth-order valence-electron chi connectivity index (χ4n) is 2.14. The van der Waals surface area contributed by atoms with Crippen LogP contribution in [0.25, 0.3) is 0 Å². The van der Waals surface area contributed by atoms with Gasteiger partial charge in [-0.25, -0.2) is 4.79 Å². The minimum Gasteiger partial charge on any atom is -0.467 e. The Bertz CT molecular complexity index is 601. The quantitative estimate of drug-likeness (QED) is 0.865. The molecule has 1 heterocycles. The summed E-state index contributed by atoms with van der Waals surface area (Å²) in [5.74, 6) is -0.272. The number of ether oxygens (including phenoxy) is 1. The van der Waals surface area contributed by atoms with E-state index < -0.39 is 6.04 Å². The summed E-state index contributed by atoms with van der Waals surface area (Å²) in [6.07, 6.45) is 0. The maximum absolute atomic E-state index is 12.1. The van der Waals surface area contributed by atoms with E-state index in [1.54, 1.807) is 11.3 Å². The monoisotopic (exact) mass is 289 g/mol. The highest BCUT2D eigenvalue weighted by Gasteiger charge is 2.24. The Morgan fingerprint density at radius 3 is 2.35 bits per heavy atom. The zero-order chi connectivity index (χ0) is 14.7. The molecule has 0 fully saturated rings. The number of hydrogen-bond acceptors (Lipinski definition) is 4. The molecule has 0 saturated heterocycles. The first-order chi connectivity index (χ1) is 9.51. The van der Waals surface area contributed by atoms with Crippen molar-refractivity contribution < 1.29 is 9.53 Å². The van der Waals surface area contributed by atoms with E-state index in [0.717, 1.165) is 16.1 Å². The smallest absolute Gasteiger partial charge is 0.333 e. The van der Waals surface area contributed by atoms with E-state index >= 15 is 0 Å². The summed E-state index contributed by atoms with van der Waals surface area (Å²) in [6, 6.07) is 9.56. The van der Waals surface area contributed by atoms with Crippen LogP contribution in [-0.4, -0.2) is 13.1 Å². The summed E-state index contributed by atoms with van der Waals surface area (Å²) in [6.45, 7) is 6.11. The number of esters is 1. The van der Waals surface area contributed by atoms with Crippen LogP contribution >= 0.6 is 11.3 Å². The second-order valence-electron chi connectivity index (χ2n) is 4.84. The highest BCUT2D eigenvalue weighted by Crippen LogP contribution is 2.29. The molecule has 1 aromatic heterocycles. The summed E-state index contributed by atoms with van der Waals surface area (Å²) in [5, 5.41) is 3.26.